The van der Waals surface area contributed by atoms with Gasteiger partial charge in [0.2, 0.25) is 0 Å². The lowest BCUT2D eigenvalue weighted by Gasteiger charge is -1.98. The zero-order valence-corrected chi connectivity index (χ0v) is 6.09. The third-order valence-electron chi connectivity index (χ3n) is 1.59. The van der Waals surface area contributed by atoms with Gasteiger partial charge in [0.1, 0.15) is 11.3 Å². The largest absolute Gasteiger partial charge is 0.494 e. The van der Waals surface area contributed by atoms with Crippen LogP contribution in [-0.2, 0) is 0 Å². The van der Waals surface area contributed by atoms with Crippen molar-refractivity contribution in [1.82, 2.24) is 10.2 Å². The Kier molecular flexibility index (Phi) is 1.28. The molecule has 0 fully saturated rings. The highest BCUT2D eigenvalue weighted by Gasteiger charge is 2.00. The third-order valence-corrected chi connectivity index (χ3v) is 1.59. The van der Waals surface area contributed by atoms with Gasteiger partial charge < -0.3 is 4.74 Å². The zero-order chi connectivity index (χ0) is 7.68. The highest BCUT2D eigenvalue weighted by Crippen LogP contribution is 2.21. The standard InChI is InChI=1S/C8H7N2O/c1-11-7-4-2-3-6-5-9-10-8(6)7/h3-5H,1H3,(H,9,10). The number of methoxy groups -OCH3 is 1. The van der Waals surface area contributed by atoms with Crippen molar-refractivity contribution in [1.29, 1.82) is 0 Å². The van der Waals surface area contributed by atoms with Crippen molar-refractivity contribution in [2.75, 3.05) is 7.11 Å². The van der Waals surface area contributed by atoms with Gasteiger partial charge in [-0.1, -0.05) is 0 Å². The van der Waals surface area contributed by atoms with Gasteiger partial charge in [0.25, 0.3) is 0 Å². The van der Waals surface area contributed by atoms with Gasteiger partial charge in [-0.15, -0.1) is 0 Å². The predicted molar refractivity (Wildman–Crippen MR) is 41.5 cm³/mol. The van der Waals surface area contributed by atoms with E-state index in [0.717, 1.165) is 16.7 Å². The van der Waals surface area contributed by atoms with Gasteiger partial charge in [0.05, 0.1) is 13.3 Å². The van der Waals surface area contributed by atoms with Crippen LogP contribution in [0.1, 0.15) is 0 Å². The summed E-state index contributed by atoms with van der Waals surface area (Å²) >= 11 is 0. The van der Waals surface area contributed by atoms with E-state index in [1.165, 1.54) is 0 Å². The van der Waals surface area contributed by atoms with E-state index in [2.05, 4.69) is 16.3 Å². The van der Waals surface area contributed by atoms with Gasteiger partial charge >= 0.3 is 0 Å². The van der Waals surface area contributed by atoms with Crippen LogP contribution in [0, 0.1) is 6.07 Å². The third kappa shape index (κ3) is 0.852. The topological polar surface area (TPSA) is 37.9 Å². The molecule has 1 aromatic heterocycles. The molecular formula is C8H7N2O. The number of rotatable bonds is 1. The molecule has 1 radical (unpaired) electrons. The van der Waals surface area contributed by atoms with E-state index in [4.69, 9.17) is 4.74 Å². The molecule has 3 heteroatoms. The Balaban J connectivity index is 2.79. The van der Waals surface area contributed by atoms with E-state index in [1.807, 2.05) is 6.07 Å². The van der Waals surface area contributed by atoms with Gasteiger partial charge in [-0.2, -0.15) is 5.10 Å². The first-order valence-corrected chi connectivity index (χ1v) is 3.29. The van der Waals surface area contributed by atoms with E-state index >= 15 is 0 Å². The summed E-state index contributed by atoms with van der Waals surface area (Å²) < 4.78 is 5.08. The molecule has 2 aromatic rings. The maximum absolute atomic E-state index is 5.08. The molecule has 0 aliphatic carbocycles. The van der Waals surface area contributed by atoms with E-state index in [-0.39, 0.29) is 0 Å². The first-order chi connectivity index (χ1) is 5.42. The smallest absolute Gasteiger partial charge is 0.145 e. The second-order valence-electron chi connectivity index (χ2n) is 2.22. The molecule has 0 atom stereocenters. The molecule has 0 aliphatic rings. The fraction of sp³-hybridized carbons (Fsp3) is 0.125. The molecule has 0 aliphatic heterocycles. The fourth-order valence-electron chi connectivity index (χ4n) is 1.04. The minimum atomic E-state index is 0.778. The summed E-state index contributed by atoms with van der Waals surface area (Å²) in [6.45, 7) is 0. The summed E-state index contributed by atoms with van der Waals surface area (Å²) in [5, 5.41) is 7.75. The molecule has 55 valence electrons. The molecule has 0 saturated carbocycles. The highest BCUT2D eigenvalue weighted by atomic mass is 16.5. The first-order valence-electron chi connectivity index (χ1n) is 3.29. The predicted octanol–water partition coefficient (Wildman–Crippen LogP) is 1.37. The summed E-state index contributed by atoms with van der Waals surface area (Å²) in [6.07, 6.45) is 1.74. The van der Waals surface area contributed by atoms with Gasteiger partial charge in [-0.25, -0.2) is 0 Å². The Labute approximate surface area is 64.0 Å². The minimum Gasteiger partial charge on any atom is -0.494 e. The van der Waals surface area contributed by atoms with Crippen LogP contribution in [0.15, 0.2) is 18.3 Å². The summed E-state index contributed by atoms with van der Waals surface area (Å²) in [4.78, 5) is 0. The summed E-state index contributed by atoms with van der Waals surface area (Å²) in [6, 6.07) is 6.60. The molecule has 1 aromatic carbocycles. The van der Waals surface area contributed by atoms with Crippen molar-refractivity contribution in [2.45, 2.75) is 0 Å². The van der Waals surface area contributed by atoms with Crippen LogP contribution in [0.4, 0.5) is 0 Å². The molecule has 2 rings (SSSR count). The van der Waals surface area contributed by atoms with Crippen LogP contribution in [-0.4, -0.2) is 17.3 Å². The van der Waals surface area contributed by atoms with Crippen LogP contribution in [0.2, 0.25) is 0 Å². The van der Waals surface area contributed by atoms with Crippen molar-refractivity contribution in [3.63, 3.8) is 0 Å². The zero-order valence-electron chi connectivity index (χ0n) is 6.09. The molecule has 3 nitrogen and oxygen atoms in total. The molecular weight excluding hydrogens is 140 g/mol. The Hall–Kier alpha value is -1.51. The van der Waals surface area contributed by atoms with Crippen LogP contribution in [0.5, 0.6) is 5.75 Å². The Morgan fingerprint density at radius 1 is 1.55 bits per heavy atom. The maximum atomic E-state index is 5.08. The number of hydrogen-bond donors (Lipinski definition) is 1. The number of aromatic amines is 1. The van der Waals surface area contributed by atoms with Crippen molar-refractivity contribution < 1.29 is 4.74 Å². The number of H-pyrrole nitrogens is 1. The Morgan fingerprint density at radius 2 is 2.45 bits per heavy atom. The molecule has 11 heavy (non-hydrogen) atoms. The van der Waals surface area contributed by atoms with Crippen LogP contribution in [0.25, 0.3) is 10.9 Å². The lowest BCUT2D eigenvalue weighted by Crippen LogP contribution is -1.83. The lowest BCUT2D eigenvalue weighted by atomic mass is 10.2. The van der Waals surface area contributed by atoms with Crippen LogP contribution >= 0.6 is 0 Å². The van der Waals surface area contributed by atoms with Crippen molar-refractivity contribution in [2.24, 2.45) is 0 Å². The summed E-state index contributed by atoms with van der Waals surface area (Å²) in [5.41, 5.74) is 0.922. The monoisotopic (exact) mass is 147 g/mol. The van der Waals surface area contributed by atoms with E-state index < -0.39 is 0 Å². The molecule has 0 spiro atoms. The van der Waals surface area contributed by atoms with Crippen molar-refractivity contribution >= 4 is 10.9 Å². The van der Waals surface area contributed by atoms with Gasteiger partial charge in [0, 0.05) is 5.39 Å². The Morgan fingerprint density at radius 3 is 3.27 bits per heavy atom. The fourth-order valence-corrected chi connectivity index (χ4v) is 1.04. The van der Waals surface area contributed by atoms with Crippen LogP contribution in [0.3, 0.4) is 0 Å². The molecule has 0 amide bonds. The average Bonchev–Trinajstić information content (AvgIpc) is 2.50. The Bertz CT molecular complexity index is 367. The second kappa shape index (κ2) is 2.27. The molecule has 0 saturated heterocycles. The summed E-state index contributed by atoms with van der Waals surface area (Å²) in [5.74, 6) is 0.778. The molecule has 0 unspecified atom stereocenters. The number of nitrogens with one attached hydrogen (secondary N) is 1. The van der Waals surface area contributed by atoms with Crippen LogP contribution < -0.4 is 4.74 Å². The SMILES string of the molecule is COc1c[c]cc2cn[nH]c12. The molecule has 1 N–H and O–H groups in total. The molecule has 1 heterocycles. The highest BCUT2D eigenvalue weighted by molar-refractivity contribution is 5.83. The van der Waals surface area contributed by atoms with Gasteiger partial charge in [0.15, 0.2) is 0 Å². The van der Waals surface area contributed by atoms with E-state index in [0.29, 0.717) is 0 Å². The van der Waals surface area contributed by atoms with E-state index in [1.54, 1.807) is 19.4 Å². The van der Waals surface area contributed by atoms with Crippen molar-refractivity contribution in [3.05, 3.63) is 24.4 Å². The lowest BCUT2D eigenvalue weighted by molar-refractivity contribution is 0.418. The number of aromatic nitrogens is 2. The van der Waals surface area contributed by atoms with E-state index in [9.17, 15) is 0 Å². The average molecular weight is 147 g/mol. The number of benzene rings is 1. The summed E-state index contributed by atoms with van der Waals surface area (Å²) in [7, 11) is 1.63. The van der Waals surface area contributed by atoms with Gasteiger partial charge in [-0.05, 0) is 18.2 Å². The molecule has 0 bridgehead atoms. The number of hydrogen-bond acceptors (Lipinski definition) is 2. The van der Waals surface area contributed by atoms with Gasteiger partial charge in [-0.3, -0.25) is 5.10 Å². The number of ether oxygens (including phenoxy) is 1. The second-order valence-corrected chi connectivity index (χ2v) is 2.22. The van der Waals surface area contributed by atoms with Crippen molar-refractivity contribution in [3.8, 4) is 5.75 Å². The number of fused-ring (bicyclic) bond motifs is 1. The normalized spacial score (nSPS) is 10.3. The first kappa shape index (κ1) is 6.22. The quantitative estimate of drug-likeness (QED) is 0.661. The minimum absolute atomic E-state index is 0.778. The number of nitrogens with zero attached hydrogens (tertiary/aromatic N) is 1. The maximum Gasteiger partial charge on any atom is 0.145 e.